The Hall–Kier alpha value is -0.960. The van der Waals surface area contributed by atoms with Crippen molar-refractivity contribution < 1.29 is 4.79 Å². The minimum absolute atomic E-state index is 0.310. The van der Waals surface area contributed by atoms with E-state index >= 15 is 0 Å². The summed E-state index contributed by atoms with van der Waals surface area (Å²) in [5, 5.41) is 1.48. The van der Waals surface area contributed by atoms with Crippen LogP contribution in [0.15, 0.2) is 24.6 Å². The molecule has 0 aliphatic carbocycles. The Bertz CT molecular complexity index is 201. The molecule has 1 aliphatic heterocycles. The summed E-state index contributed by atoms with van der Waals surface area (Å²) in [5.41, 5.74) is 2.93. The smallest absolute Gasteiger partial charge is 0.223 e. The monoisotopic (exact) mass is 172 g/mol. The number of hydrazine groups is 1. The van der Waals surface area contributed by atoms with Gasteiger partial charge < -0.3 is 5.43 Å². The number of carbonyl (C=O) groups excluding carboxylic acids is 1. The van der Waals surface area contributed by atoms with Crippen LogP contribution in [0.5, 0.6) is 0 Å². The van der Waals surface area contributed by atoms with Gasteiger partial charge in [0.1, 0.15) is 0 Å². The summed E-state index contributed by atoms with van der Waals surface area (Å²) in [6.45, 7) is 0.600. The van der Waals surface area contributed by atoms with Gasteiger partial charge in [-0.15, -0.1) is 0 Å². The predicted octanol–water partition coefficient (Wildman–Crippen LogP) is 0.990. The highest BCUT2D eigenvalue weighted by molar-refractivity contribution is 6.63. The molecule has 4 heteroatoms. The molecule has 0 saturated heterocycles. The lowest BCUT2D eigenvalue weighted by molar-refractivity contribution is -0.111. The van der Waals surface area contributed by atoms with Crippen molar-refractivity contribution in [3.63, 3.8) is 0 Å². The van der Waals surface area contributed by atoms with Crippen LogP contribution < -0.4 is 5.43 Å². The van der Waals surface area contributed by atoms with Crippen LogP contribution in [0, 0.1) is 0 Å². The molecule has 0 atom stereocenters. The fourth-order valence-corrected chi connectivity index (χ4v) is 0.823. The molecule has 0 spiro atoms. The van der Waals surface area contributed by atoms with Gasteiger partial charge in [0.15, 0.2) is 0 Å². The number of hydrogen-bond acceptors (Lipinski definition) is 3. The van der Waals surface area contributed by atoms with Crippen molar-refractivity contribution in [3.8, 4) is 0 Å². The molecule has 1 aliphatic rings. The highest BCUT2D eigenvalue weighted by Gasteiger charge is 2.01. The topological polar surface area (TPSA) is 32.3 Å². The van der Waals surface area contributed by atoms with Crippen molar-refractivity contribution in [1.82, 2.24) is 10.4 Å². The average molecular weight is 173 g/mol. The third-order valence-electron chi connectivity index (χ3n) is 1.26. The second kappa shape index (κ2) is 4.03. The van der Waals surface area contributed by atoms with E-state index in [1.807, 2.05) is 18.4 Å². The molecule has 1 heterocycles. The van der Waals surface area contributed by atoms with Gasteiger partial charge in [0, 0.05) is 25.4 Å². The van der Waals surface area contributed by atoms with E-state index in [0.29, 0.717) is 13.0 Å². The largest absolute Gasteiger partial charge is 0.306 e. The number of rotatable bonds is 3. The normalized spacial score (nSPS) is 14.8. The lowest BCUT2D eigenvalue weighted by Crippen LogP contribution is -2.31. The molecular weight excluding hydrogens is 164 g/mol. The SMILES string of the molecule is O=C(Cl)CCN1C=CC=CN1. The van der Waals surface area contributed by atoms with Crippen molar-refractivity contribution in [2.24, 2.45) is 0 Å². The Kier molecular flexibility index (Phi) is 2.98. The van der Waals surface area contributed by atoms with Gasteiger partial charge in [-0.25, -0.2) is 0 Å². The van der Waals surface area contributed by atoms with E-state index in [0.717, 1.165) is 0 Å². The molecule has 0 radical (unpaired) electrons. The Balaban J connectivity index is 2.22. The first kappa shape index (κ1) is 8.14. The van der Waals surface area contributed by atoms with Gasteiger partial charge in [0.25, 0.3) is 0 Å². The average Bonchev–Trinajstić information content (AvgIpc) is 2.03. The van der Waals surface area contributed by atoms with Crippen LogP contribution in [0.25, 0.3) is 0 Å². The van der Waals surface area contributed by atoms with E-state index in [4.69, 9.17) is 11.6 Å². The van der Waals surface area contributed by atoms with Crippen molar-refractivity contribution in [2.45, 2.75) is 6.42 Å². The van der Waals surface area contributed by atoms with Gasteiger partial charge in [-0.2, -0.15) is 0 Å². The fraction of sp³-hybridized carbons (Fsp3) is 0.286. The van der Waals surface area contributed by atoms with E-state index in [1.165, 1.54) is 0 Å². The van der Waals surface area contributed by atoms with Crippen LogP contribution in [0.4, 0.5) is 0 Å². The lowest BCUT2D eigenvalue weighted by Gasteiger charge is -2.20. The Morgan fingerprint density at radius 3 is 2.91 bits per heavy atom. The van der Waals surface area contributed by atoms with E-state index in [9.17, 15) is 4.79 Å². The minimum Gasteiger partial charge on any atom is -0.306 e. The van der Waals surface area contributed by atoms with E-state index < -0.39 is 0 Å². The van der Waals surface area contributed by atoms with Crippen molar-refractivity contribution >= 4 is 16.8 Å². The van der Waals surface area contributed by atoms with Crippen molar-refractivity contribution in [2.75, 3.05) is 6.54 Å². The van der Waals surface area contributed by atoms with Crippen LogP contribution in [0.1, 0.15) is 6.42 Å². The summed E-state index contributed by atoms with van der Waals surface area (Å²) in [7, 11) is 0. The van der Waals surface area contributed by atoms with E-state index in [1.54, 1.807) is 11.2 Å². The van der Waals surface area contributed by atoms with Gasteiger partial charge in [0.2, 0.25) is 5.24 Å². The third kappa shape index (κ3) is 3.09. The number of hydrogen-bond donors (Lipinski definition) is 1. The van der Waals surface area contributed by atoms with E-state index in [2.05, 4.69) is 5.43 Å². The van der Waals surface area contributed by atoms with Crippen LogP contribution in [0.2, 0.25) is 0 Å². The Labute approximate surface area is 70.3 Å². The first-order valence-electron chi connectivity index (χ1n) is 3.33. The zero-order chi connectivity index (χ0) is 8.10. The van der Waals surface area contributed by atoms with Crippen LogP contribution in [-0.4, -0.2) is 16.8 Å². The van der Waals surface area contributed by atoms with E-state index in [-0.39, 0.29) is 5.24 Å². The molecule has 0 aromatic rings. The summed E-state index contributed by atoms with van der Waals surface area (Å²) in [6.07, 6.45) is 7.75. The van der Waals surface area contributed by atoms with Gasteiger partial charge >= 0.3 is 0 Å². The first-order valence-corrected chi connectivity index (χ1v) is 3.71. The molecule has 1 rings (SSSR count). The quantitative estimate of drug-likeness (QED) is 0.645. The molecule has 0 saturated carbocycles. The summed E-state index contributed by atoms with van der Waals surface area (Å²) < 4.78 is 0. The van der Waals surface area contributed by atoms with Crippen LogP contribution >= 0.6 is 11.6 Å². The molecule has 0 unspecified atom stereocenters. The highest BCUT2D eigenvalue weighted by atomic mass is 35.5. The van der Waals surface area contributed by atoms with Gasteiger partial charge in [-0.05, 0) is 23.8 Å². The Morgan fingerprint density at radius 1 is 1.55 bits per heavy atom. The zero-order valence-electron chi connectivity index (χ0n) is 5.96. The number of carbonyl (C=O) groups is 1. The second-order valence-electron chi connectivity index (χ2n) is 2.13. The Morgan fingerprint density at radius 2 is 2.36 bits per heavy atom. The number of nitrogens with one attached hydrogen (secondary N) is 1. The summed E-state index contributed by atoms with van der Waals surface area (Å²) in [6, 6.07) is 0. The fourth-order valence-electron chi connectivity index (χ4n) is 0.738. The summed E-state index contributed by atoms with van der Waals surface area (Å²) >= 11 is 5.16. The molecule has 0 bridgehead atoms. The molecule has 1 N–H and O–H groups in total. The maximum absolute atomic E-state index is 10.4. The number of halogens is 1. The molecule has 3 nitrogen and oxygen atoms in total. The van der Waals surface area contributed by atoms with Gasteiger partial charge in [-0.3, -0.25) is 9.80 Å². The zero-order valence-corrected chi connectivity index (χ0v) is 6.71. The molecule has 0 amide bonds. The maximum Gasteiger partial charge on any atom is 0.223 e. The number of allylic oxidation sites excluding steroid dienone is 2. The predicted molar refractivity (Wildman–Crippen MR) is 43.6 cm³/mol. The summed E-state index contributed by atoms with van der Waals surface area (Å²) in [4.78, 5) is 10.4. The highest BCUT2D eigenvalue weighted by Crippen LogP contribution is 1.96. The van der Waals surface area contributed by atoms with Gasteiger partial charge in [0.05, 0.1) is 0 Å². The maximum atomic E-state index is 10.4. The molecule has 11 heavy (non-hydrogen) atoms. The van der Waals surface area contributed by atoms with Gasteiger partial charge in [-0.1, -0.05) is 0 Å². The van der Waals surface area contributed by atoms with Crippen molar-refractivity contribution in [3.05, 3.63) is 24.6 Å². The molecule has 0 fully saturated rings. The van der Waals surface area contributed by atoms with Crippen molar-refractivity contribution in [1.29, 1.82) is 0 Å². The second-order valence-corrected chi connectivity index (χ2v) is 2.55. The third-order valence-corrected chi connectivity index (χ3v) is 1.45. The van der Waals surface area contributed by atoms with Crippen LogP contribution in [0.3, 0.4) is 0 Å². The standard InChI is InChI=1S/C7H9ClN2O/c8-7(11)3-6-10-5-2-1-4-9-10/h1-2,4-5,9H,3,6H2. The van der Waals surface area contributed by atoms with Crippen LogP contribution in [-0.2, 0) is 4.79 Å². The first-order chi connectivity index (χ1) is 5.29. The molecule has 60 valence electrons. The molecule has 0 aromatic carbocycles. The molecule has 0 aromatic heterocycles. The molecular formula is C7H9ClN2O. The summed E-state index contributed by atoms with van der Waals surface area (Å²) in [5.74, 6) is 0. The lowest BCUT2D eigenvalue weighted by atomic mass is 10.4. The number of nitrogens with zero attached hydrogens (tertiary/aromatic N) is 1. The minimum atomic E-state index is -0.310.